The van der Waals surface area contributed by atoms with Gasteiger partial charge in [-0.2, -0.15) is 0 Å². The summed E-state index contributed by atoms with van der Waals surface area (Å²) in [5.41, 5.74) is 2.74. The average molecular weight is 583 g/mol. The molecule has 8 atom stereocenters. The SMILES string of the molecule is C=CCCCOC(=O)[C@@H]1[C@@H]2CC(C)C3(S2)C(C(=O)N(CC=C)c2c(C)cccc2C)N([C@@H](CO)[C@@H](C)CC)C(=O)[C@H]13. The molecule has 0 aromatic heterocycles. The highest BCUT2D eigenvalue weighted by Gasteiger charge is 2.77. The quantitative estimate of drug-likeness (QED) is 0.198. The second-order valence-electron chi connectivity index (χ2n) is 12.0. The number of aliphatic hydroxyl groups is 1. The molecule has 2 amide bonds. The summed E-state index contributed by atoms with van der Waals surface area (Å²) < 4.78 is 4.92. The smallest absolute Gasteiger partial charge is 0.310 e. The van der Waals surface area contributed by atoms with E-state index in [0.29, 0.717) is 6.42 Å². The summed E-state index contributed by atoms with van der Waals surface area (Å²) in [4.78, 5) is 46.6. The largest absolute Gasteiger partial charge is 0.465 e. The van der Waals surface area contributed by atoms with Crippen molar-refractivity contribution in [2.24, 2.45) is 23.7 Å². The highest BCUT2D eigenvalue weighted by molar-refractivity contribution is 8.02. The fourth-order valence-electron chi connectivity index (χ4n) is 7.48. The molecule has 1 spiro atoms. The molecule has 1 aromatic rings. The number of nitrogens with zero attached hydrogens (tertiary/aromatic N) is 2. The Labute approximate surface area is 249 Å². The number of hydrogen-bond acceptors (Lipinski definition) is 6. The standard InChI is InChI=1S/C33H46N2O5S/c1-8-11-12-17-40-32(39)26-25-18-23(7)33(41-25)27(26)30(37)35(24(19-36)20(4)10-3)29(33)31(38)34(16-9-2)28-21(5)14-13-15-22(28)6/h8-9,13-15,20,23-27,29,36H,1-2,10-12,16-19H2,3-7H3/t20-,23?,24-,25-,26+,27-,29?,33?/m0/s1. The molecular weight excluding hydrogens is 536 g/mol. The summed E-state index contributed by atoms with van der Waals surface area (Å²) in [6, 6.07) is 4.57. The first-order valence-corrected chi connectivity index (χ1v) is 15.8. The Bertz CT molecular complexity index is 1170. The van der Waals surface area contributed by atoms with Crippen LogP contribution in [-0.2, 0) is 19.1 Å². The van der Waals surface area contributed by atoms with Crippen LogP contribution in [0.4, 0.5) is 5.69 Å². The van der Waals surface area contributed by atoms with Gasteiger partial charge in [0.05, 0.1) is 35.8 Å². The normalized spacial score (nSPS) is 29.7. The predicted molar refractivity (Wildman–Crippen MR) is 165 cm³/mol. The maximum Gasteiger partial charge on any atom is 0.310 e. The average Bonchev–Trinajstić information content (AvgIpc) is 3.54. The summed E-state index contributed by atoms with van der Waals surface area (Å²) in [6.07, 6.45) is 6.40. The first-order chi connectivity index (χ1) is 19.6. The molecule has 4 rings (SSSR count). The van der Waals surface area contributed by atoms with Crippen molar-refractivity contribution in [1.82, 2.24) is 4.90 Å². The summed E-state index contributed by atoms with van der Waals surface area (Å²) in [5.74, 6) is -2.05. The lowest BCUT2D eigenvalue weighted by Crippen LogP contribution is -2.60. The van der Waals surface area contributed by atoms with E-state index in [2.05, 4.69) is 20.1 Å². The third-order valence-electron chi connectivity index (χ3n) is 9.62. The molecule has 3 saturated heterocycles. The summed E-state index contributed by atoms with van der Waals surface area (Å²) >= 11 is 1.63. The first kappa shape index (κ1) is 31.4. The van der Waals surface area contributed by atoms with E-state index in [1.54, 1.807) is 33.7 Å². The van der Waals surface area contributed by atoms with Gasteiger partial charge in [-0.15, -0.1) is 24.9 Å². The molecular formula is C33H46N2O5S. The third-order valence-corrected chi connectivity index (χ3v) is 11.7. The number of aliphatic hydroxyl groups excluding tert-OH is 1. The fraction of sp³-hybridized carbons (Fsp3) is 0.606. The Morgan fingerprint density at radius 2 is 1.95 bits per heavy atom. The Hall–Kier alpha value is -2.58. The topological polar surface area (TPSA) is 87.2 Å². The number of fused-ring (bicyclic) bond motifs is 1. The number of carbonyl (C=O) groups excluding carboxylic acids is 3. The maximum atomic E-state index is 15.0. The molecule has 3 unspecified atom stereocenters. The van der Waals surface area contributed by atoms with Crippen molar-refractivity contribution in [2.45, 2.75) is 82.4 Å². The van der Waals surface area contributed by atoms with Crippen LogP contribution in [0.3, 0.4) is 0 Å². The maximum absolute atomic E-state index is 15.0. The van der Waals surface area contributed by atoms with Crippen LogP contribution in [0.1, 0.15) is 57.6 Å². The Morgan fingerprint density at radius 1 is 1.27 bits per heavy atom. The van der Waals surface area contributed by atoms with Gasteiger partial charge in [-0.1, -0.05) is 57.5 Å². The van der Waals surface area contributed by atoms with Gasteiger partial charge >= 0.3 is 5.97 Å². The van der Waals surface area contributed by atoms with Crippen molar-refractivity contribution in [3.05, 3.63) is 54.6 Å². The van der Waals surface area contributed by atoms with Crippen LogP contribution < -0.4 is 4.90 Å². The van der Waals surface area contributed by atoms with Crippen LogP contribution >= 0.6 is 11.8 Å². The van der Waals surface area contributed by atoms with Crippen molar-refractivity contribution < 1.29 is 24.2 Å². The fourth-order valence-corrected chi connectivity index (χ4v) is 9.87. The number of likely N-dealkylation sites (tertiary alicyclic amines) is 1. The highest BCUT2D eigenvalue weighted by atomic mass is 32.2. The molecule has 2 bridgehead atoms. The minimum atomic E-state index is -0.825. The number of allylic oxidation sites excluding steroid dienone is 1. The molecule has 0 saturated carbocycles. The van der Waals surface area contributed by atoms with Crippen LogP contribution in [0, 0.1) is 37.5 Å². The van der Waals surface area contributed by atoms with Gasteiger partial charge in [-0.25, -0.2) is 0 Å². The van der Waals surface area contributed by atoms with Crippen LogP contribution in [-0.4, -0.2) is 69.6 Å². The number of para-hydroxylation sites is 1. The van der Waals surface area contributed by atoms with Crippen LogP contribution in [0.15, 0.2) is 43.5 Å². The van der Waals surface area contributed by atoms with Gasteiger partial charge in [-0.3, -0.25) is 14.4 Å². The second-order valence-corrected chi connectivity index (χ2v) is 13.6. The van der Waals surface area contributed by atoms with E-state index in [1.165, 1.54) is 0 Å². The van der Waals surface area contributed by atoms with Gasteiger partial charge in [0.25, 0.3) is 5.91 Å². The molecule has 0 radical (unpaired) electrons. The minimum Gasteiger partial charge on any atom is -0.465 e. The van der Waals surface area contributed by atoms with Gasteiger partial charge in [0, 0.05) is 17.5 Å². The molecule has 7 nitrogen and oxygen atoms in total. The number of unbranched alkanes of at least 4 members (excludes halogenated alkanes) is 1. The van der Waals surface area contributed by atoms with Gasteiger partial charge < -0.3 is 19.6 Å². The highest BCUT2D eigenvalue weighted by Crippen LogP contribution is 2.69. The Balaban J connectivity index is 1.84. The van der Waals surface area contributed by atoms with E-state index in [0.717, 1.165) is 36.1 Å². The number of carbonyl (C=O) groups is 3. The van der Waals surface area contributed by atoms with E-state index in [4.69, 9.17) is 4.74 Å². The van der Waals surface area contributed by atoms with Gasteiger partial charge in [0.1, 0.15) is 6.04 Å². The minimum absolute atomic E-state index is 0.0232. The predicted octanol–water partition coefficient (Wildman–Crippen LogP) is 5.08. The molecule has 8 heteroatoms. The molecule has 224 valence electrons. The summed E-state index contributed by atoms with van der Waals surface area (Å²) in [7, 11) is 0. The van der Waals surface area contributed by atoms with Crippen LogP contribution in [0.2, 0.25) is 0 Å². The summed E-state index contributed by atoms with van der Waals surface area (Å²) in [6.45, 7) is 18.1. The van der Waals surface area contributed by atoms with E-state index in [1.807, 2.05) is 45.9 Å². The monoisotopic (exact) mass is 582 g/mol. The lowest BCUT2D eigenvalue weighted by atomic mass is 9.66. The molecule has 3 heterocycles. The Morgan fingerprint density at radius 3 is 2.54 bits per heavy atom. The van der Waals surface area contributed by atoms with Crippen molar-refractivity contribution in [2.75, 3.05) is 24.7 Å². The third kappa shape index (κ3) is 5.16. The van der Waals surface area contributed by atoms with Gasteiger partial charge in [-0.05, 0) is 56.1 Å². The number of amides is 2. The summed E-state index contributed by atoms with van der Waals surface area (Å²) in [5, 5.41) is 10.6. The zero-order valence-electron chi connectivity index (χ0n) is 25.2. The number of aryl methyl sites for hydroxylation is 2. The van der Waals surface area contributed by atoms with E-state index in [9.17, 15) is 19.5 Å². The van der Waals surface area contributed by atoms with Crippen molar-refractivity contribution >= 4 is 35.2 Å². The van der Waals surface area contributed by atoms with Crippen molar-refractivity contribution in [3.8, 4) is 0 Å². The number of thioether (sulfide) groups is 1. The number of anilines is 1. The lowest BCUT2D eigenvalue weighted by Gasteiger charge is -2.43. The van der Waals surface area contributed by atoms with Crippen LogP contribution in [0.25, 0.3) is 0 Å². The zero-order valence-corrected chi connectivity index (χ0v) is 26.0. The Kier molecular flexibility index (Phi) is 9.74. The van der Waals surface area contributed by atoms with E-state index >= 15 is 0 Å². The van der Waals surface area contributed by atoms with Gasteiger partial charge in [0.15, 0.2) is 0 Å². The zero-order chi connectivity index (χ0) is 30.1. The molecule has 3 aliphatic rings. The molecule has 3 aliphatic heterocycles. The number of hydrogen-bond donors (Lipinski definition) is 1. The number of benzene rings is 1. The lowest BCUT2D eigenvalue weighted by molar-refractivity contribution is -0.155. The molecule has 1 aromatic carbocycles. The van der Waals surface area contributed by atoms with Crippen molar-refractivity contribution in [1.29, 1.82) is 0 Å². The van der Waals surface area contributed by atoms with Crippen molar-refractivity contribution in [3.63, 3.8) is 0 Å². The second kappa shape index (κ2) is 12.7. The molecule has 3 fully saturated rings. The molecule has 41 heavy (non-hydrogen) atoms. The number of rotatable bonds is 13. The van der Waals surface area contributed by atoms with Gasteiger partial charge in [0.2, 0.25) is 5.91 Å². The van der Waals surface area contributed by atoms with Crippen LogP contribution in [0.5, 0.6) is 0 Å². The van der Waals surface area contributed by atoms with E-state index < -0.39 is 28.7 Å². The number of esters is 1. The molecule has 1 N–H and O–H groups in total. The molecule has 0 aliphatic carbocycles. The number of ether oxygens (including phenoxy) is 1. The first-order valence-electron chi connectivity index (χ1n) is 15.0. The van der Waals surface area contributed by atoms with E-state index in [-0.39, 0.29) is 54.6 Å².